The van der Waals surface area contributed by atoms with E-state index in [1.165, 1.54) is 7.11 Å². The molecule has 1 aliphatic heterocycles. The van der Waals surface area contributed by atoms with Crippen molar-refractivity contribution in [3.8, 4) is 23.0 Å². The molecule has 0 atom stereocenters. The van der Waals surface area contributed by atoms with Crippen LogP contribution in [0.15, 0.2) is 42.2 Å². The van der Waals surface area contributed by atoms with E-state index in [2.05, 4.69) is 4.74 Å². The summed E-state index contributed by atoms with van der Waals surface area (Å²) in [4.78, 5) is 23.8. The fraction of sp³-hybridized carbons (Fsp3) is 0.200. The molecule has 0 aliphatic carbocycles. The van der Waals surface area contributed by atoms with E-state index >= 15 is 0 Å². The molecule has 140 valence electrons. The van der Waals surface area contributed by atoms with Gasteiger partial charge in [-0.15, -0.1) is 0 Å². The lowest BCUT2D eigenvalue weighted by Crippen LogP contribution is -2.12. The number of rotatable bonds is 6. The zero-order valence-electron chi connectivity index (χ0n) is 15.1. The van der Waals surface area contributed by atoms with Crippen LogP contribution in [0.4, 0.5) is 0 Å². The van der Waals surface area contributed by atoms with Crippen molar-refractivity contribution in [1.82, 2.24) is 0 Å². The van der Waals surface area contributed by atoms with Crippen molar-refractivity contribution in [2.24, 2.45) is 0 Å². The van der Waals surface area contributed by atoms with Gasteiger partial charge in [-0.2, -0.15) is 0 Å². The largest absolute Gasteiger partial charge is 0.497 e. The summed E-state index contributed by atoms with van der Waals surface area (Å²) < 4.78 is 26.1. The molecule has 2 aromatic rings. The van der Waals surface area contributed by atoms with Crippen molar-refractivity contribution in [1.29, 1.82) is 0 Å². The van der Waals surface area contributed by atoms with Crippen molar-refractivity contribution < 1.29 is 33.3 Å². The molecule has 7 nitrogen and oxygen atoms in total. The SMILES string of the molecule is COC(=O)COc1ccc2c(c1)O/C(=C\c1cc(OC)ccc1OC)C2=O. The summed E-state index contributed by atoms with van der Waals surface area (Å²) >= 11 is 0. The van der Waals surface area contributed by atoms with Crippen LogP contribution >= 0.6 is 0 Å². The van der Waals surface area contributed by atoms with E-state index in [9.17, 15) is 9.59 Å². The normalized spacial score (nSPS) is 13.7. The van der Waals surface area contributed by atoms with Gasteiger partial charge in [0.25, 0.3) is 0 Å². The first kappa shape index (κ1) is 18.3. The Morgan fingerprint density at radius 2 is 1.81 bits per heavy atom. The quantitative estimate of drug-likeness (QED) is 0.571. The number of esters is 1. The van der Waals surface area contributed by atoms with Gasteiger partial charge in [0.2, 0.25) is 5.78 Å². The second-order valence-electron chi connectivity index (χ2n) is 5.57. The summed E-state index contributed by atoms with van der Waals surface area (Å²) in [5, 5.41) is 0. The highest BCUT2D eigenvalue weighted by atomic mass is 16.6. The summed E-state index contributed by atoms with van der Waals surface area (Å²) in [5.41, 5.74) is 1.06. The van der Waals surface area contributed by atoms with Gasteiger partial charge in [0.05, 0.1) is 26.9 Å². The maximum Gasteiger partial charge on any atom is 0.343 e. The molecule has 7 heteroatoms. The van der Waals surface area contributed by atoms with Crippen LogP contribution in [0.1, 0.15) is 15.9 Å². The molecular formula is C20H18O7. The Morgan fingerprint density at radius 1 is 1.04 bits per heavy atom. The number of carbonyl (C=O) groups excluding carboxylic acids is 2. The van der Waals surface area contributed by atoms with Crippen LogP contribution in [0.2, 0.25) is 0 Å². The topological polar surface area (TPSA) is 80.3 Å². The smallest absolute Gasteiger partial charge is 0.343 e. The van der Waals surface area contributed by atoms with Gasteiger partial charge in [0, 0.05) is 11.6 Å². The van der Waals surface area contributed by atoms with E-state index in [0.29, 0.717) is 34.1 Å². The maximum absolute atomic E-state index is 12.6. The number of fused-ring (bicyclic) bond motifs is 1. The predicted octanol–water partition coefficient (Wildman–Crippen LogP) is 2.87. The van der Waals surface area contributed by atoms with Crippen LogP contribution in [-0.4, -0.2) is 39.7 Å². The fourth-order valence-corrected chi connectivity index (χ4v) is 2.55. The highest BCUT2D eigenvalue weighted by Gasteiger charge is 2.28. The van der Waals surface area contributed by atoms with Gasteiger partial charge in [-0.3, -0.25) is 4.79 Å². The summed E-state index contributed by atoms with van der Waals surface area (Å²) in [6, 6.07) is 10.00. The highest BCUT2D eigenvalue weighted by Crippen LogP contribution is 2.36. The molecule has 0 radical (unpaired) electrons. The minimum absolute atomic E-state index is 0.154. The van der Waals surface area contributed by atoms with Crippen LogP contribution in [-0.2, 0) is 9.53 Å². The van der Waals surface area contributed by atoms with Gasteiger partial charge in [-0.1, -0.05) is 0 Å². The second-order valence-corrected chi connectivity index (χ2v) is 5.57. The van der Waals surface area contributed by atoms with Crippen LogP contribution in [0.5, 0.6) is 23.0 Å². The molecule has 0 unspecified atom stereocenters. The summed E-state index contributed by atoms with van der Waals surface area (Å²) in [6.45, 7) is -0.229. The first-order valence-electron chi connectivity index (χ1n) is 8.05. The van der Waals surface area contributed by atoms with Gasteiger partial charge < -0.3 is 23.7 Å². The zero-order chi connectivity index (χ0) is 19.4. The Labute approximate surface area is 156 Å². The Kier molecular flexibility index (Phi) is 5.30. The van der Waals surface area contributed by atoms with Crippen LogP contribution in [0.3, 0.4) is 0 Å². The third-order valence-electron chi connectivity index (χ3n) is 3.95. The van der Waals surface area contributed by atoms with E-state index in [4.69, 9.17) is 18.9 Å². The lowest BCUT2D eigenvalue weighted by molar-refractivity contribution is -0.142. The number of ether oxygens (including phenoxy) is 5. The number of benzene rings is 2. The Hall–Kier alpha value is -3.48. The molecular weight excluding hydrogens is 352 g/mol. The molecule has 0 bridgehead atoms. The van der Waals surface area contributed by atoms with Crippen molar-refractivity contribution in [3.05, 3.63) is 53.3 Å². The van der Waals surface area contributed by atoms with Gasteiger partial charge in [-0.05, 0) is 36.4 Å². The Balaban J connectivity index is 1.86. The summed E-state index contributed by atoms with van der Waals surface area (Å²) in [5.74, 6) is 1.36. The van der Waals surface area contributed by atoms with E-state index < -0.39 is 5.97 Å². The number of Topliss-reactive ketones (excluding diaryl/α,β-unsaturated/α-hetero) is 1. The predicted molar refractivity (Wildman–Crippen MR) is 96.4 cm³/mol. The third kappa shape index (κ3) is 3.87. The molecule has 1 aliphatic rings. The first-order chi connectivity index (χ1) is 13.0. The molecule has 0 N–H and O–H groups in total. The number of hydrogen-bond donors (Lipinski definition) is 0. The fourth-order valence-electron chi connectivity index (χ4n) is 2.55. The Morgan fingerprint density at radius 3 is 2.52 bits per heavy atom. The number of carbonyl (C=O) groups is 2. The second kappa shape index (κ2) is 7.82. The van der Waals surface area contributed by atoms with E-state index in [0.717, 1.165) is 0 Å². The van der Waals surface area contributed by atoms with Crippen LogP contribution < -0.4 is 18.9 Å². The molecule has 0 saturated carbocycles. The standard InChI is InChI=1S/C20H18O7/c1-23-13-5-7-16(24-2)12(8-13)9-18-20(22)15-6-4-14(10-17(15)27-18)26-11-19(21)25-3/h4-10H,11H2,1-3H3/b18-9-. The number of allylic oxidation sites excluding steroid dienone is 1. The van der Waals surface area contributed by atoms with Crippen molar-refractivity contribution >= 4 is 17.8 Å². The van der Waals surface area contributed by atoms with E-state index in [1.807, 2.05) is 0 Å². The molecule has 0 aromatic heterocycles. The molecule has 1 heterocycles. The highest BCUT2D eigenvalue weighted by molar-refractivity contribution is 6.14. The van der Waals surface area contributed by atoms with Gasteiger partial charge in [0.15, 0.2) is 12.4 Å². The lowest BCUT2D eigenvalue weighted by Gasteiger charge is -2.08. The van der Waals surface area contributed by atoms with Gasteiger partial charge >= 0.3 is 5.97 Å². The van der Waals surface area contributed by atoms with Crippen LogP contribution in [0.25, 0.3) is 6.08 Å². The molecule has 0 fully saturated rings. The lowest BCUT2D eigenvalue weighted by atomic mass is 10.1. The van der Waals surface area contributed by atoms with Crippen LogP contribution in [0, 0.1) is 0 Å². The molecule has 0 amide bonds. The molecule has 0 saturated heterocycles. The molecule has 0 spiro atoms. The maximum atomic E-state index is 12.6. The zero-order valence-corrected chi connectivity index (χ0v) is 15.1. The molecule has 2 aromatic carbocycles. The third-order valence-corrected chi connectivity index (χ3v) is 3.95. The van der Waals surface area contributed by atoms with Gasteiger partial charge in [-0.25, -0.2) is 4.79 Å². The van der Waals surface area contributed by atoms with Crippen molar-refractivity contribution in [2.75, 3.05) is 27.9 Å². The van der Waals surface area contributed by atoms with Gasteiger partial charge in [0.1, 0.15) is 23.0 Å². The summed E-state index contributed by atoms with van der Waals surface area (Å²) in [7, 11) is 4.38. The van der Waals surface area contributed by atoms with Crippen molar-refractivity contribution in [3.63, 3.8) is 0 Å². The number of ketones is 1. The minimum Gasteiger partial charge on any atom is -0.497 e. The average molecular weight is 370 g/mol. The Bertz CT molecular complexity index is 915. The average Bonchev–Trinajstić information content (AvgIpc) is 3.00. The molecule has 3 rings (SSSR count). The van der Waals surface area contributed by atoms with Crippen molar-refractivity contribution in [2.45, 2.75) is 0 Å². The minimum atomic E-state index is -0.502. The molecule has 27 heavy (non-hydrogen) atoms. The number of hydrogen-bond acceptors (Lipinski definition) is 7. The van der Waals surface area contributed by atoms with E-state index in [-0.39, 0.29) is 18.1 Å². The first-order valence-corrected chi connectivity index (χ1v) is 8.05. The van der Waals surface area contributed by atoms with E-state index in [1.54, 1.807) is 56.7 Å². The summed E-state index contributed by atoms with van der Waals surface area (Å²) in [6.07, 6.45) is 1.60. The monoisotopic (exact) mass is 370 g/mol. The number of methoxy groups -OCH3 is 3.